The molecule has 3 heterocycles. The van der Waals surface area contributed by atoms with Crippen LogP contribution in [-0.4, -0.2) is 38.4 Å². The number of primary amides is 1. The zero-order valence-electron chi connectivity index (χ0n) is 16.8. The molecule has 1 amide bonds. The number of nitrogens with zero attached hydrogens (tertiary/aromatic N) is 3. The quantitative estimate of drug-likeness (QED) is 0.530. The van der Waals surface area contributed by atoms with Crippen LogP contribution in [0.4, 0.5) is 0 Å². The number of carbonyl (C=O) groups is 1. The summed E-state index contributed by atoms with van der Waals surface area (Å²) in [7, 11) is 0. The highest BCUT2D eigenvalue weighted by Crippen LogP contribution is 2.24. The Morgan fingerprint density at radius 3 is 2.60 bits per heavy atom. The Morgan fingerprint density at radius 1 is 1.03 bits per heavy atom. The lowest BCUT2D eigenvalue weighted by molar-refractivity contribution is 0.100. The maximum Gasteiger partial charge on any atom is 0.250 e. The van der Waals surface area contributed by atoms with Crippen LogP contribution in [-0.2, 0) is 6.54 Å². The lowest BCUT2D eigenvalue weighted by Gasteiger charge is -2.25. The van der Waals surface area contributed by atoms with Crippen LogP contribution in [0.3, 0.4) is 0 Å². The molecule has 0 spiro atoms. The van der Waals surface area contributed by atoms with E-state index in [4.69, 9.17) is 5.73 Å². The second-order valence-corrected chi connectivity index (χ2v) is 7.96. The van der Waals surface area contributed by atoms with Gasteiger partial charge in [0.25, 0.3) is 5.91 Å². The van der Waals surface area contributed by atoms with E-state index in [0.717, 1.165) is 29.1 Å². The van der Waals surface area contributed by atoms with Crippen molar-refractivity contribution in [3.63, 3.8) is 0 Å². The van der Waals surface area contributed by atoms with Crippen LogP contribution in [0.1, 0.15) is 35.2 Å². The zero-order chi connectivity index (χ0) is 20.5. The molecule has 1 fully saturated rings. The van der Waals surface area contributed by atoms with Gasteiger partial charge in [0.05, 0.1) is 16.6 Å². The molecular formula is C24H25N5O. The first-order valence-electron chi connectivity index (χ1n) is 10.5. The summed E-state index contributed by atoms with van der Waals surface area (Å²) in [6.07, 6.45) is 8.31. The number of aromatic nitrogens is 3. The summed E-state index contributed by atoms with van der Waals surface area (Å²) in [4.78, 5) is 22.1. The molecule has 4 aromatic rings. The van der Waals surface area contributed by atoms with Crippen LogP contribution in [0, 0.1) is 0 Å². The minimum absolute atomic E-state index is 0.455. The number of para-hydroxylation sites is 1. The van der Waals surface area contributed by atoms with Crippen LogP contribution in [0.5, 0.6) is 0 Å². The molecule has 1 aliphatic rings. The van der Waals surface area contributed by atoms with Crippen LogP contribution in [0.15, 0.2) is 60.9 Å². The number of H-pyrrole nitrogens is 1. The van der Waals surface area contributed by atoms with E-state index >= 15 is 0 Å². The molecule has 1 aliphatic heterocycles. The summed E-state index contributed by atoms with van der Waals surface area (Å²) in [6.45, 7) is 3.43. The topological polar surface area (TPSA) is 79.9 Å². The van der Waals surface area contributed by atoms with E-state index in [9.17, 15) is 4.79 Å². The van der Waals surface area contributed by atoms with E-state index in [2.05, 4.69) is 50.0 Å². The fourth-order valence-electron chi connectivity index (χ4n) is 4.24. The van der Waals surface area contributed by atoms with Crippen molar-refractivity contribution < 1.29 is 4.79 Å². The average molecular weight is 399 g/mol. The molecular weight excluding hydrogens is 374 g/mol. The molecule has 152 valence electrons. The SMILES string of the molecule is NC(=O)c1cccc2nc(-c3ccc(-n4ccc(CN5CCCCC5)c4)cc3)[nH]c12. The second kappa shape index (κ2) is 7.80. The number of rotatable bonds is 5. The van der Waals surface area contributed by atoms with Gasteiger partial charge in [-0.2, -0.15) is 0 Å². The highest BCUT2D eigenvalue weighted by molar-refractivity contribution is 6.04. The highest BCUT2D eigenvalue weighted by atomic mass is 16.1. The molecule has 6 nitrogen and oxygen atoms in total. The predicted molar refractivity (Wildman–Crippen MR) is 119 cm³/mol. The Kier molecular flexibility index (Phi) is 4.85. The first kappa shape index (κ1) is 18.6. The van der Waals surface area contributed by atoms with Crippen LogP contribution < -0.4 is 5.73 Å². The summed E-state index contributed by atoms with van der Waals surface area (Å²) in [5, 5.41) is 0. The van der Waals surface area contributed by atoms with E-state index in [1.165, 1.54) is 37.9 Å². The summed E-state index contributed by atoms with van der Waals surface area (Å²) < 4.78 is 2.16. The molecule has 30 heavy (non-hydrogen) atoms. The standard InChI is InChI=1S/C24H25N5O/c25-23(30)20-5-4-6-21-22(20)27-24(26-21)18-7-9-19(10-8-18)29-14-11-17(16-29)15-28-12-2-1-3-13-28/h4-11,14,16H,1-3,12-13,15H2,(H2,25,30)(H,26,27). The molecule has 6 heteroatoms. The van der Waals surface area contributed by atoms with Gasteiger partial charge >= 0.3 is 0 Å². The van der Waals surface area contributed by atoms with Gasteiger partial charge in [-0.1, -0.05) is 12.5 Å². The molecule has 3 N–H and O–H groups in total. The third kappa shape index (κ3) is 3.62. The van der Waals surface area contributed by atoms with E-state index in [1.54, 1.807) is 12.1 Å². The van der Waals surface area contributed by atoms with Crippen LogP contribution in [0.2, 0.25) is 0 Å². The number of nitrogens with two attached hydrogens (primary N) is 1. The normalized spacial score (nSPS) is 14.9. The first-order chi connectivity index (χ1) is 14.7. The molecule has 2 aromatic carbocycles. The Morgan fingerprint density at radius 2 is 1.83 bits per heavy atom. The predicted octanol–water partition coefficient (Wildman–Crippen LogP) is 4.11. The molecule has 0 unspecified atom stereocenters. The van der Waals surface area contributed by atoms with Crippen molar-refractivity contribution in [2.45, 2.75) is 25.8 Å². The van der Waals surface area contributed by atoms with Crippen molar-refractivity contribution in [1.82, 2.24) is 19.4 Å². The van der Waals surface area contributed by atoms with Crippen molar-refractivity contribution in [3.05, 3.63) is 72.1 Å². The molecule has 0 saturated carbocycles. The Labute approximate surface area is 175 Å². The number of aromatic amines is 1. The number of nitrogens with one attached hydrogen (secondary N) is 1. The number of amides is 1. The van der Waals surface area contributed by atoms with Gasteiger partial charge in [-0.25, -0.2) is 4.98 Å². The molecule has 0 radical (unpaired) electrons. The van der Waals surface area contributed by atoms with Crippen molar-refractivity contribution in [3.8, 4) is 17.1 Å². The van der Waals surface area contributed by atoms with Gasteiger partial charge in [0.1, 0.15) is 5.82 Å². The van der Waals surface area contributed by atoms with E-state index in [1.807, 2.05) is 18.2 Å². The van der Waals surface area contributed by atoms with Crippen molar-refractivity contribution in [2.75, 3.05) is 13.1 Å². The summed E-state index contributed by atoms with van der Waals surface area (Å²) in [5.74, 6) is 0.266. The van der Waals surface area contributed by atoms with Crippen molar-refractivity contribution >= 4 is 16.9 Å². The fraction of sp³-hybridized carbons (Fsp3) is 0.250. The average Bonchev–Trinajstić information content (AvgIpc) is 3.41. The molecule has 0 aliphatic carbocycles. The van der Waals surface area contributed by atoms with Crippen LogP contribution in [0.25, 0.3) is 28.1 Å². The van der Waals surface area contributed by atoms with Gasteiger partial charge in [-0.05, 0) is 74.0 Å². The summed E-state index contributed by atoms with van der Waals surface area (Å²) in [5.41, 5.74) is 10.8. The second-order valence-electron chi connectivity index (χ2n) is 7.96. The maximum atomic E-state index is 11.7. The number of benzene rings is 2. The lowest BCUT2D eigenvalue weighted by atomic mass is 10.1. The molecule has 1 saturated heterocycles. The van der Waals surface area contributed by atoms with Gasteiger partial charge in [0.15, 0.2) is 0 Å². The van der Waals surface area contributed by atoms with Crippen molar-refractivity contribution in [1.29, 1.82) is 0 Å². The maximum absolute atomic E-state index is 11.7. The molecule has 0 bridgehead atoms. The van der Waals surface area contributed by atoms with Gasteiger partial charge < -0.3 is 15.3 Å². The van der Waals surface area contributed by atoms with Gasteiger partial charge in [0, 0.05) is 30.2 Å². The van der Waals surface area contributed by atoms with Gasteiger partial charge in [-0.15, -0.1) is 0 Å². The minimum atomic E-state index is -0.459. The number of hydrogen-bond donors (Lipinski definition) is 2. The minimum Gasteiger partial charge on any atom is -0.366 e. The number of likely N-dealkylation sites (tertiary alicyclic amines) is 1. The monoisotopic (exact) mass is 399 g/mol. The summed E-state index contributed by atoms with van der Waals surface area (Å²) in [6, 6.07) is 15.8. The van der Waals surface area contributed by atoms with E-state index in [-0.39, 0.29) is 0 Å². The third-order valence-corrected chi connectivity index (χ3v) is 5.83. The smallest absolute Gasteiger partial charge is 0.250 e. The third-order valence-electron chi connectivity index (χ3n) is 5.83. The van der Waals surface area contributed by atoms with Crippen molar-refractivity contribution in [2.24, 2.45) is 5.73 Å². The van der Waals surface area contributed by atoms with Crippen LogP contribution >= 0.6 is 0 Å². The zero-order valence-corrected chi connectivity index (χ0v) is 16.8. The number of carbonyl (C=O) groups excluding carboxylic acids is 1. The van der Waals surface area contributed by atoms with E-state index in [0.29, 0.717) is 11.1 Å². The van der Waals surface area contributed by atoms with E-state index < -0.39 is 5.91 Å². The number of hydrogen-bond acceptors (Lipinski definition) is 3. The highest BCUT2D eigenvalue weighted by Gasteiger charge is 2.13. The number of piperidine rings is 1. The Bertz CT molecular complexity index is 1180. The lowest BCUT2D eigenvalue weighted by Crippen LogP contribution is -2.28. The molecule has 0 atom stereocenters. The number of imidazole rings is 1. The molecule has 5 rings (SSSR count). The fourth-order valence-corrected chi connectivity index (χ4v) is 4.24. The molecule has 2 aromatic heterocycles. The summed E-state index contributed by atoms with van der Waals surface area (Å²) >= 11 is 0. The first-order valence-corrected chi connectivity index (χ1v) is 10.5. The van der Waals surface area contributed by atoms with Gasteiger partial charge in [-0.3, -0.25) is 9.69 Å². The largest absolute Gasteiger partial charge is 0.366 e. The Hall–Kier alpha value is -3.38. The number of fused-ring (bicyclic) bond motifs is 1. The van der Waals surface area contributed by atoms with Gasteiger partial charge in [0.2, 0.25) is 0 Å². The Balaban J connectivity index is 1.36.